The third kappa shape index (κ3) is 10.2. The number of nitrogens with one attached hydrogen (secondary N) is 1. The lowest BCUT2D eigenvalue weighted by Crippen LogP contribution is -2.52. The number of hydrogen-bond acceptors (Lipinski definition) is 5. The number of carbonyl (C=O) groups excluding carboxylic acids is 2. The van der Waals surface area contributed by atoms with Crippen molar-refractivity contribution in [3.8, 4) is 5.75 Å². The molecule has 0 bridgehead atoms. The number of carbonyl (C=O) groups is 2. The van der Waals surface area contributed by atoms with E-state index in [2.05, 4.69) is 5.32 Å². The second kappa shape index (κ2) is 16.0. The summed E-state index contributed by atoms with van der Waals surface area (Å²) in [5.41, 5.74) is 2.01. The molecule has 3 aromatic rings. The quantitative estimate of drug-likeness (QED) is 0.215. The van der Waals surface area contributed by atoms with Gasteiger partial charge in [0.2, 0.25) is 21.8 Å². The summed E-state index contributed by atoms with van der Waals surface area (Å²) >= 11 is 12.6. The second-order valence-electron chi connectivity index (χ2n) is 10.4. The zero-order chi connectivity index (χ0) is 31.6. The van der Waals surface area contributed by atoms with Gasteiger partial charge in [0.15, 0.2) is 0 Å². The van der Waals surface area contributed by atoms with Crippen molar-refractivity contribution in [3.05, 3.63) is 94.0 Å². The molecular formula is C32H39Cl2N3O5S. The first-order chi connectivity index (χ1) is 20.4. The van der Waals surface area contributed by atoms with Crippen molar-refractivity contribution >= 4 is 50.7 Å². The van der Waals surface area contributed by atoms with Crippen LogP contribution in [0.15, 0.2) is 72.8 Å². The predicted octanol–water partition coefficient (Wildman–Crippen LogP) is 6.10. The molecule has 11 heteroatoms. The van der Waals surface area contributed by atoms with Crippen LogP contribution in [-0.4, -0.2) is 57.1 Å². The summed E-state index contributed by atoms with van der Waals surface area (Å²) < 4.78 is 31.8. The number of rotatable bonds is 15. The minimum Gasteiger partial charge on any atom is -0.497 e. The first kappa shape index (κ1) is 34.2. The number of nitrogens with zero attached hydrogens (tertiary/aromatic N) is 2. The zero-order valence-electron chi connectivity index (χ0n) is 24.9. The van der Waals surface area contributed by atoms with E-state index in [9.17, 15) is 18.0 Å². The molecule has 0 aliphatic rings. The molecule has 0 fully saturated rings. The molecule has 0 aliphatic heterocycles. The van der Waals surface area contributed by atoms with Crippen molar-refractivity contribution in [1.82, 2.24) is 10.2 Å². The highest BCUT2D eigenvalue weighted by atomic mass is 35.5. The van der Waals surface area contributed by atoms with Crippen molar-refractivity contribution in [3.63, 3.8) is 0 Å². The highest BCUT2D eigenvalue weighted by molar-refractivity contribution is 7.92. The van der Waals surface area contributed by atoms with E-state index in [1.165, 1.54) is 16.3 Å². The monoisotopic (exact) mass is 647 g/mol. The van der Waals surface area contributed by atoms with Gasteiger partial charge in [-0.2, -0.15) is 0 Å². The van der Waals surface area contributed by atoms with Crippen molar-refractivity contribution < 1.29 is 22.7 Å². The summed E-state index contributed by atoms with van der Waals surface area (Å²) in [6.07, 6.45) is 2.39. The molecule has 232 valence electrons. The molecule has 0 saturated heterocycles. The Morgan fingerprint density at radius 2 is 1.67 bits per heavy atom. The first-order valence-electron chi connectivity index (χ1n) is 14.1. The lowest BCUT2D eigenvalue weighted by molar-refractivity contribution is -0.141. The third-order valence-corrected chi connectivity index (χ3v) is 8.92. The van der Waals surface area contributed by atoms with E-state index < -0.39 is 16.1 Å². The van der Waals surface area contributed by atoms with Gasteiger partial charge in [-0.25, -0.2) is 8.42 Å². The largest absolute Gasteiger partial charge is 0.497 e. The molecule has 8 nitrogen and oxygen atoms in total. The highest BCUT2D eigenvalue weighted by Gasteiger charge is 2.31. The summed E-state index contributed by atoms with van der Waals surface area (Å²) in [4.78, 5) is 29.2. The van der Waals surface area contributed by atoms with Crippen LogP contribution in [0.4, 0.5) is 5.69 Å². The molecule has 0 aliphatic carbocycles. The fourth-order valence-corrected chi connectivity index (χ4v) is 6.01. The van der Waals surface area contributed by atoms with Crippen molar-refractivity contribution in [1.29, 1.82) is 0 Å². The first-order valence-corrected chi connectivity index (χ1v) is 16.7. The minimum absolute atomic E-state index is 0.00921. The van der Waals surface area contributed by atoms with Crippen LogP contribution in [0.5, 0.6) is 5.75 Å². The number of benzene rings is 3. The SMILES string of the molecule is CC[C@H](C)NC(=O)[C@H](Cc1ccccc1)N(Cc1ccc(Cl)cc1Cl)C(=O)CCCN(c1ccc(OC)cc1)S(C)(=O)=O. The Morgan fingerprint density at radius 1 is 1.00 bits per heavy atom. The molecule has 0 saturated carbocycles. The van der Waals surface area contributed by atoms with Gasteiger partial charge >= 0.3 is 0 Å². The van der Waals surface area contributed by atoms with Gasteiger partial charge in [-0.05, 0) is 67.3 Å². The average Bonchev–Trinajstić information content (AvgIpc) is 2.97. The maximum Gasteiger partial charge on any atom is 0.243 e. The van der Waals surface area contributed by atoms with Crippen LogP contribution >= 0.6 is 23.2 Å². The van der Waals surface area contributed by atoms with Gasteiger partial charge in [-0.3, -0.25) is 13.9 Å². The van der Waals surface area contributed by atoms with Gasteiger partial charge in [-0.15, -0.1) is 0 Å². The predicted molar refractivity (Wildman–Crippen MR) is 173 cm³/mol. The van der Waals surface area contributed by atoms with E-state index in [-0.39, 0.29) is 43.8 Å². The maximum absolute atomic E-state index is 14.0. The van der Waals surface area contributed by atoms with Gasteiger partial charge in [0.1, 0.15) is 11.8 Å². The van der Waals surface area contributed by atoms with Crippen LogP contribution in [0, 0.1) is 0 Å². The van der Waals surface area contributed by atoms with Crippen LogP contribution in [0.25, 0.3) is 0 Å². The fraction of sp³-hybridized carbons (Fsp3) is 0.375. The Labute approximate surface area is 265 Å². The molecule has 0 aromatic heterocycles. The molecule has 3 aromatic carbocycles. The molecule has 2 atom stereocenters. The molecule has 0 heterocycles. The molecule has 43 heavy (non-hydrogen) atoms. The number of anilines is 1. The Morgan fingerprint density at radius 3 is 2.26 bits per heavy atom. The molecular weight excluding hydrogens is 609 g/mol. The Hall–Kier alpha value is -3.27. The summed E-state index contributed by atoms with van der Waals surface area (Å²) in [6.45, 7) is 4.05. The van der Waals surface area contributed by atoms with Gasteiger partial charge in [0.25, 0.3) is 0 Å². The van der Waals surface area contributed by atoms with Gasteiger partial charge in [0.05, 0.1) is 19.1 Å². The fourth-order valence-electron chi connectivity index (χ4n) is 4.58. The van der Waals surface area contributed by atoms with Crippen molar-refractivity contribution in [2.75, 3.05) is 24.2 Å². The Bertz CT molecular complexity index is 1470. The number of hydrogen-bond donors (Lipinski definition) is 1. The van der Waals surface area contributed by atoms with Crippen molar-refractivity contribution in [2.45, 2.75) is 58.2 Å². The molecule has 0 unspecified atom stereocenters. The van der Waals surface area contributed by atoms with Crippen LogP contribution in [0.3, 0.4) is 0 Å². The van der Waals surface area contributed by atoms with Gasteiger partial charge < -0.3 is 15.0 Å². The number of amides is 2. The van der Waals surface area contributed by atoms with Crippen LogP contribution in [0.1, 0.15) is 44.2 Å². The van der Waals surface area contributed by atoms with E-state index >= 15 is 0 Å². The van der Waals surface area contributed by atoms with Gasteiger partial charge in [-0.1, -0.05) is 66.5 Å². The topological polar surface area (TPSA) is 96.0 Å². The number of sulfonamides is 1. The summed E-state index contributed by atoms with van der Waals surface area (Å²) in [5.74, 6) is 0.0334. The van der Waals surface area contributed by atoms with E-state index in [1.807, 2.05) is 44.2 Å². The lowest BCUT2D eigenvalue weighted by Gasteiger charge is -2.33. The summed E-state index contributed by atoms with van der Waals surface area (Å²) in [6, 6.07) is 20.3. The molecule has 2 amide bonds. The number of halogens is 2. The number of methoxy groups -OCH3 is 1. The molecule has 0 spiro atoms. The highest BCUT2D eigenvalue weighted by Crippen LogP contribution is 2.26. The van der Waals surface area contributed by atoms with Crippen LogP contribution in [-0.2, 0) is 32.6 Å². The maximum atomic E-state index is 14.0. The normalized spacial score (nSPS) is 12.7. The molecule has 0 radical (unpaired) electrons. The third-order valence-electron chi connectivity index (χ3n) is 7.14. The van der Waals surface area contributed by atoms with Crippen LogP contribution in [0.2, 0.25) is 10.0 Å². The van der Waals surface area contributed by atoms with E-state index in [0.717, 1.165) is 18.2 Å². The van der Waals surface area contributed by atoms with E-state index in [1.54, 1.807) is 42.5 Å². The van der Waals surface area contributed by atoms with Crippen LogP contribution < -0.4 is 14.4 Å². The zero-order valence-corrected chi connectivity index (χ0v) is 27.3. The standard InChI is InChI=1S/C32H39Cl2N3O5S/c1-5-23(2)35-32(39)30(20-24-10-7-6-8-11-24)36(22-25-13-14-26(33)21-29(25)34)31(38)12-9-19-37(43(4,40)41)27-15-17-28(42-3)18-16-27/h6-8,10-11,13-18,21,23,30H,5,9,12,19-20,22H2,1-4H3,(H,35,39)/t23-,30-/m0/s1. The second-order valence-corrected chi connectivity index (χ2v) is 13.2. The molecule has 3 rings (SSSR count). The van der Waals surface area contributed by atoms with E-state index in [4.69, 9.17) is 27.9 Å². The van der Waals surface area contributed by atoms with Gasteiger partial charge in [0, 0.05) is 42.0 Å². The Kier molecular flexibility index (Phi) is 12.7. The van der Waals surface area contributed by atoms with Crippen molar-refractivity contribution in [2.24, 2.45) is 0 Å². The number of ether oxygens (including phenoxy) is 1. The average molecular weight is 649 g/mol. The minimum atomic E-state index is -3.63. The summed E-state index contributed by atoms with van der Waals surface area (Å²) in [7, 11) is -2.09. The van der Waals surface area contributed by atoms with E-state index in [0.29, 0.717) is 33.5 Å². The lowest BCUT2D eigenvalue weighted by atomic mass is 10.0. The summed E-state index contributed by atoms with van der Waals surface area (Å²) in [5, 5.41) is 3.88. The Balaban J connectivity index is 1.91. The molecule has 1 N–H and O–H groups in total. The smallest absolute Gasteiger partial charge is 0.243 e.